The zero-order chi connectivity index (χ0) is 22.6. The normalized spacial score (nSPS) is 17.7. The highest BCUT2D eigenvalue weighted by atomic mass is 35.5. The van der Waals surface area contributed by atoms with Crippen LogP contribution in [-0.4, -0.2) is 42.1 Å². The lowest BCUT2D eigenvalue weighted by atomic mass is 10.2. The lowest BCUT2D eigenvalue weighted by Gasteiger charge is -2.13. The highest BCUT2D eigenvalue weighted by Gasteiger charge is 2.39. The van der Waals surface area contributed by atoms with Gasteiger partial charge in [-0.25, -0.2) is 0 Å². The second kappa shape index (κ2) is 9.67. The first-order chi connectivity index (χ1) is 14.7. The quantitative estimate of drug-likeness (QED) is 0.611. The predicted molar refractivity (Wildman–Crippen MR) is 124 cm³/mol. The van der Waals surface area contributed by atoms with E-state index in [4.69, 9.17) is 11.6 Å². The molecule has 1 heterocycles. The Kier molecular flexibility index (Phi) is 7.19. The number of amides is 2. The van der Waals surface area contributed by atoms with Crippen LogP contribution in [0.4, 0.5) is 5.69 Å². The van der Waals surface area contributed by atoms with Gasteiger partial charge in [0.2, 0.25) is 11.8 Å². The Bertz CT molecular complexity index is 1130. The molecule has 7 nitrogen and oxygen atoms in total. The molecule has 1 saturated heterocycles. The Morgan fingerprint density at radius 2 is 1.87 bits per heavy atom. The van der Waals surface area contributed by atoms with Crippen LogP contribution in [0.3, 0.4) is 0 Å². The third kappa shape index (κ3) is 5.75. The number of hydrogen-bond donors (Lipinski definition) is 1. The number of carbonyl (C=O) groups is 2. The fourth-order valence-corrected chi connectivity index (χ4v) is 5.28. The monoisotopic (exact) mass is 477 g/mol. The molecule has 10 heteroatoms. The van der Waals surface area contributed by atoms with Gasteiger partial charge in [-0.05, 0) is 43.3 Å². The molecule has 31 heavy (non-hydrogen) atoms. The summed E-state index contributed by atoms with van der Waals surface area (Å²) in [6, 6.07) is 12.8. The van der Waals surface area contributed by atoms with E-state index in [1.807, 2.05) is 6.92 Å². The van der Waals surface area contributed by atoms with Gasteiger partial charge >= 0.3 is 0 Å². The lowest BCUT2D eigenvalue weighted by Crippen LogP contribution is -2.33. The molecule has 1 aliphatic rings. The molecular formula is C21H20ClN3O4S2. The molecule has 1 atom stereocenters. The molecule has 1 N–H and O–H groups in total. The van der Waals surface area contributed by atoms with Crippen LogP contribution in [0.15, 0.2) is 70.5 Å². The van der Waals surface area contributed by atoms with Gasteiger partial charge in [-0.3, -0.25) is 14.5 Å². The van der Waals surface area contributed by atoms with Crippen molar-refractivity contribution in [3.63, 3.8) is 0 Å². The first kappa shape index (κ1) is 23.1. The molecular weight excluding hydrogens is 458 g/mol. The van der Waals surface area contributed by atoms with Crippen molar-refractivity contribution in [2.45, 2.75) is 23.5 Å². The number of amidine groups is 1. The average molecular weight is 478 g/mol. The molecule has 0 unspecified atom stereocenters. The molecule has 3 rings (SSSR count). The van der Waals surface area contributed by atoms with Gasteiger partial charge in [-0.15, -0.1) is 11.0 Å². The minimum absolute atomic E-state index is 0.0229. The van der Waals surface area contributed by atoms with Crippen molar-refractivity contribution in [1.29, 1.82) is 0 Å². The van der Waals surface area contributed by atoms with E-state index in [0.29, 0.717) is 10.7 Å². The Hall–Kier alpha value is -2.62. The number of nitrogens with one attached hydrogen (secondary N) is 1. The number of anilines is 1. The van der Waals surface area contributed by atoms with Crippen LogP contribution in [0.25, 0.3) is 0 Å². The summed E-state index contributed by atoms with van der Waals surface area (Å²) in [4.78, 5) is 26.4. The summed E-state index contributed by atoms with van der Waals surface area (Å²) in [6.45, 7) is 5.54. The van der Waals surface area contributed by atoms with Crippen LogP contribution in [-0.2, 0) is 19.6 Å². The van der Waals surface area contributed by atoms with E-state index in [1.165, 1.54) is 23.1 Å². The Morgan fingerprint density at radius 3 is 2.48 bits per heavy atom. The molecule has 162 valence electrons. The summed E-state index contributed by atoms with van der Waals surface area (Å²) < 4.78 is 29.3. The van der Waals surface area contributed by atoms with Gasteiger partial charge in [0.1, 0.15) is 5.25 Å². The predicted octanol–water partition coefficient (Wildman–Crippen LogP) is 3.85. The van der Waals surface area contributed by atoms with Gasteiger partial charge in [-0.1, -0.05) is 47.1 Å². The van der Waals surface area contributed by atoms with Crippen molar-refractivity contribution >= 4 is 56.1 Å². The number of benzene rings is 2. The minimum atomic E-state index is -4.01. The highest BCUT2D eigenvalue weighted by molar-refractivity contribution is 8.16. The smallest absolute Gasteiger partial charge is 0.284 e. The van der Waals surface area contributed by atoms with Crippen molar-refractivity contribution in [2.75, 3.05) is 11.9 Å². The summed E-state index contributed by atoms with van der Waals surface area (Å²) in [7, 11) is -4.01. The molecule has 0 saturated carbocycles. The van der Waals surface area contributed by atoms with Crippen LogP contribution in [0.1, 0.15) is 12.0 Å². The molecule has 0 bridgehead atoms. The van der Waals surface area contributed by atoms with Crippen molar-refractivity contribution in [2.24, 2.45) is 4.40 Å². The van der Waals surface area contributed by atoms with Gasteiger partial charge in [0.05, 0.1) is 4.90 Å². The maximum atomic E-state index is 12.8. The van der Waals surface area contributed by atoms with E-state index in [9.17, 15) is 18.0 Å². The number of thioether (sulfide) groups is 1. The molecule has 0 radical (unpaired) electrons. The van der Waals surface area contributed by atoms with Gasteiger partial charge in [-0.2, -0.15) is 8.42 Å². The SMILES string of the molecule is C=CCN1C(=O)[C@@H](CC(=O)Nc2ccc(Cl)cc2)SC1=NS(=O)(=O)c1ccc(C)cc1. The second-order valence-corrected chi connectivity index (χ2v) is 9.98. The van der Waals surface area contributed by atoms with Crippen molar-refractivity contribution in [1.82, 2.24) is 4.90 Å². The zero-order valence-corrected chi connectivity index (χ0v) is 19.0. The Balaban J connectivity index is 1.78. The summed E-state index contributed by atoms with van der Waals surface area (Å²) in [5, 5.41) is 2.47. The number of nitrogens with zero attached hydrogens (tertiary/aromatic N) is 2. The minimum Gasteiger partial charge on any atom is -0.326 e. The number of halogens is 1. The number of carbonyl (C=O) groups excluding carboxylic acids is 2. The van der Waals surface area contributed by atoms with Crippen LogP contribution in [0.2, 0.25) is 5.02 Å². The average Bonchev–Trinajstić information content (AvgIpc) is 2.98. The summed E-state index contributed by atoms with van der Waals surface area (Å²) in [5.41, 5.74) is 1.46. The molecule has 2 amide bonds. The van der Waals surface area contributed by atoms with Gasteiger partial charge < -0.3 is 5.32 Å². The van der Waals surface area contributed by atoms with Crippen LogP contribution in [0, 0.1) is 6.92 Å². The summed E-state index contributed by atoms with van der Waals surface area (Å²) >= 11 is 6.79. The molecule has 1 aliphatic heterocycles. The molecule has 1 fully saturated rings. The third-order valence-electron chi connectivity index (χ3n) is 4.35. The Morgan fingerprint density at radius 1 is 1.23 bits per heavy atom. The topological polar surface area (TPSA) is 95.9 Å². The van der Waals surface area contributed by atoms with Crippen LogP contribution >= 0.6 is 23.4 Å². The third-order valence-corrected chi connectivity index (χ3v) is 7.17. The molecule has 2 aromatic carbocycles. The van der Waals surface area contributed by atoms with Crippen LogP contribution < -0.4 is 5.32 Å². The van der Waals surface area contributed by atoms with E-state index in [2.05, 4.69) is 16.3 Å². The number of hydrogen-bond acceptors (Lipinski definition) is 5. The first-order valence-electron chi connectivity index (χ1n) is 9.25. The zero-order valence-electron chi connectivity index (χ0n) is 16.6. The van der Waals surface area contributed by atoms with Crippen LogP contribution in [0.5, 0.6) is 0 Å². The Labute approximate surface area is 190 Å². The molecule has 0 spiro atoms. The number of sulfonamides is 1. The van der Waals surface area contributed by atoms with E-state index in [1.54, 1.807) is 36.4 Å². The largest absolute Gasteiger partial charge is 0.326 e. The van der Waals surface area contributed by atoms with Crippen molar-refractivity contribution in [3.05, 3.63) is 71.8 Å². The maximum absolute atomic E-state index is 12.8. The van der Waals surface area contributed by atoms with Gasteiger partial charge in [0, 0.05) is 23.7 Å². The van der Waals surface area contributed by atoms with E-state index < -0.39 is 21.2 Å². The fourth-order valence-electron chi connectivity index (χ4n) is 2.79. The maximum Gasteiger partial charge on any atom is 0.284 e. The van der Waals surface area contributed by atoms with Crippen molar-refractivity contribution < 1.29 is 18.0 Å². The number of rotatable bonds is 7. The molecule has 0 aromatic heterocycles. The number of aryl methyl sites for hydroxylation is 1. The second-order valence-electron chi connectivity index (χ2n) is 6.77. The first-order valence-corrected chi connectivity index (χ1v) is 12.0. The standard InChI is InChI=1S/C21H20ClN3O4S2/c1-3-12-25-20(27)18(13-19(26)23-16-8-6-15(22)7-9-16)30-21(25)24-31(28,29)17-10-4-14(2)5-11-17/h3-11,18H,1,12-13H2,2H3,(H,23,26)/t18-/m1/s1. The van der Waals surface area contributed by atoms with E-state index in [0.717, 1.165) is 17.3 Å². The molecule has 2 aromatic rings. The summed E-state index contributed by atoms with van der Waals surface area (Å²) in [6.07, 6.45) is 1.34. The fraction of sp³-hybridized carbons (Fsp3) is 0.190. The lowest BCUT2D eigenvalue weighted by molar-refractivity contribution is -0.127. The van der Waals surface area contributed by atoms with E-state index >= 15 is 0 Å². The van der Waals surface area contributed by atoms with Gasteiger partial charge in [0.25, 0.3) is 10.0 Å². The highest BCUT2D eigenvalue weighted by Crippen LogP contribution is 2.31. The van der Waals surface area contributed by atoms with Crippen molar-refractivity contribution in [3.8, 4) is 0 Å². The summed E-state index contributed by atoms with van der Waals surface area (Å²) in [5.74, 6) is -0.775. The van der Waals surface area contributed by atoms with E-state index in [-0.39, 0.29) is 28.9 Å². The van der Waals surface area contributed by atoms with Gasteiger partial charge in [0.15, 0.2) is 5.17 Å². The molecule has 0 aliphatic carbocycles.